The predicted molar refractivity (Wildman–Crippen MR) is 84.5 cm³/mol. The molecule has 0 radical (unpaired) electrons. The molecule has 0 aromatic carbocycles. The highest BCUT2D eigenvalue weighted by Gasteiger charge is 2.25. The lowest BCUT2D eigenvalue weighted by atomic mass is 10.1. The molecular formula is C14H22O6S2. The van der Waals surface area contributed by atoms with Crippen LogP contribution in [-0.4, -0.2) is 44.1 Å². The summed E-state index contributed by atoms with van der Waals surface area (Å²) in [6, 6.07) is 0. The minimum atomic E-state index is -4.05. The van der Waals surface area contributed by atoms with Crippen LogP contribution in [0.5, 0.6) is 11.5 Å². The minimum absolute atomic E-state index is 0.187. The highest BCUT2D eigenvalue weighted by Crippen LogP contribution is 2.33. The maximum atomic E-state index is 11.4. The van der Waals surface area contributed by atoms with E-state index in [2.05, 4.69) is 0 Å². The fraction of sp³-hybridized carbons (Fsp3) is 0.714. The zero-order valence-corrected chi connectivity index (χ0v) is 14.4. The van der Waals surface area contributed by atoms with Crippen molar-refractivity contribution in [1.29, 1.82) is 0 Å². The van der Waals surface area contributed by atoms with Gasteiger partial charge in [0, 0.05) is 17.4 Å². The van der Waals surface area contributed by atoms with E-state index in [0.29, 0.717) is 31.1 Å². The van der Waals surface area contributed by atoms with Crippen molar-refractivity contribution < 1.29 is 27.2 Å². The van der Waals surface area contributed by atoms with Gasteiger partial charge in [-0.2, -0.15) is 8.42 Å². The molecule has 2 heterocycles. The molecule has 0 amide bonds. The first-order valence-electron chi connectivity index (χ1n) is 7.26. The monoisotopic (exact) mass is 350 g/mol. The Bertz CT molecular complexity index is 543. The molecule has 8 heteroatoms. The van der Waals surface area contributed by atoms with Crippen molar-refractivity contribution in [2.45, 2.75) is 38.0 Å². The molecule has 0 spiro atoms. The van der Waals surface area contributed by atoms with Crippen LogP contribution in [0.2, 0.25) is 0 Å². The van der Waals surface area contributed by atoms with Gasteiger partial charge in [-0.3, -0.25) is 4.55 Å². The number of hydrogen-bond donors (Lipinski definition) is 1. The van der Waals surface area contributed by atoms with Crippen molar-refractivity contribution in [3.63, 3.8) is 0 Å². The second-order valence-corrected chi connectivity index (χ2v) is 8.21. The van der Waals surface area contributed by atoms with Gasteiger partial charge in [0.05, 0.1) is 5.25 Å². The van der Waals surface area contributed by atoms with Crippen LogP contribution in [0.25, 0.3) is 0 Å². The fourth-order valence-electron chi connectivity index (χ4n) is 2.27. The van der Waals surface area contributed by atoms with Crippen LogP contribution in [0.15, 0.2) is 10.8 Å². The van der Waals surface area contributed by atoms with Crippen molar-refractivity contribution in [3.8, 4) is 11.5 Å². The van der Waals surface area contributed by atoms with Crippen molar-refractivity contribution >= 4 is 21.5 Å². The van der Waals surface area contributed by atoms with Crippen molar-refractivity contribution in [3.05, 3.63) is 10.8 Å². The third-order valence-corrected chi connectivity index (χ3v) is 5.36. The molecule has 1 aliphatic rings. The van der Waals surface area contributed by atoms with Gasteiger partial charge < -0.3 is 14.2 Å². The van der Waals surface area contributed by atoms with Crippen molar-refractivity contribution in [1.82, 2.24) is 0 Å². The first-order valence-corrected chi connectivity index (χ1v) is 9.70. The largest absolute Gasteiger partial charge is 0.486 e. The van der Waals surface area contributed by atoms with Gasteiger partial charge in [0.15, 0.2) is 11.5 Å². The highest BCUT2D eigenvalue weighted by molar-refractivity contribution is 7.86. The van der Waals surface area contributed by atoms with E-state index >= 15 is 0 Å². The Hall–Kier alpha value is -0.830. The summed E-state index contributed by atoms with van der Waals surface area (Å²) in [6.07, 6.45) is 0.421. The van der Waals surface area contributed by atoms with Gasteiger partial charge in [-0.05, 0) is 18.8 Å². The number of thiophene rings is 1. The lowest BCUT2D eigenvalue weighted by molar-refractivity contribution is 0.00102. The standard InChI is InChI=1S/C14H22O6S2/c1-10(2)5-12(22(15,16)17)3-4-18-11-6-19-13-8-21-9-14(13)20-7-11/h8-12H,3-7H2,1-2H3,(H,15,16,17). The summed E-state index contributed by atoms with van der Waals surface area (Å²) >= 11 is 1.51. The molecule has 1 aliphatic heterocycles. The quantitative estimate of drug-likeness (QED) is 0.761. The van der Waals surface area contributed by atoms with Gasteiger partial charge >= 0.3 is 0 Å². The van der Waals surface area contributed by atoms with Gasteiger partial charge in [-0.25, -0.2) is 0 Å². The third kappa shape index (κ3) is 5.12. The second kappa shape index (κ2) is 7.63. The molecule has 126 valence electrons. The van der Waals surface area contributed by atoms with Crippen LogP contribution in [0.4, 0.5) is 0 Å². The molecule has 22 heavy (non-hydrogen) atoms. The van der Waals surface area contributed by atoms with Gasteiger partial charge in [0.1, 0.15) is 19.3 Å². The lowest BCUT2D eigenvalue weighted by Gasteiger charge is -2.19. The van der Waals surface area contributed by atoms with Crippen LogP contribution in [-0.2, 0) is 14.9 Å². The number of hydrogen-bond acceptors (Lipinski definition) is 6. The smallest absolute Gasteiger partial charge is 0.267 e. The Balaban J connectivity index is 1.79. The normalized spacial score (nSPS) is 17.5. The molecule has 1 aromatic heterocycles. The van der Waals surface area contributed by atoms with Crippen molar-refractivity contribution in [2.24, 2.45) is 5.92 Å². The van der Waals surface area contributed by atoms with E-state index in [1.807, 2.05) is 24.6 Å². The first kappa shape index (κ1) is 17.5. The lowest BCUT2D eigenvalue weighted by Crippen LogP contribution is -2.30. The van der Waals surface area contributed by atoms with Gasteiger partial charge in [0.25, 0.3) is 10.1 Å². The number of ether oxygens (including phenoxy) is 3. The Labute approximate surface area is 135 Å². The summed E-state index contributed by atoms with van der Waals surface area (Å²) in [7, 11) is -4.05. The fourth-order valence-corrected chi connectivity index (χ4v) is 3.98. The molecule has 0 aliphatic carbocycles. The van der Waals surface area contributed by atoms with E-state index in [0.717, 1.165) is 0 Å². The van der Waals surface area contributed by atoms with Crippen LogP contribution in [0, 0.1) is 5.92 Å². The maximum absolute atomic E-state index is 11.4. The van der Waals surface area contributed by atoms with Gasteiger partial charge in [-0.15, -0.1) is 11.3 Å². The van der Waals surface area contributed by atoms with Crippen LogP contribution in [0.3, 0.4) is 0 Å². The summed E-state index contributed by atoms with van der Waals surface area (Å²) in [5.41, 5.74) is 0. The predicted octanol–water partition coefficient (Wildman–Crippen LogP) is 2.60. The Morgan fingerprint density at radius 1 is 1.32 bits per heavy atom. The average molecular weight is 350 g/mol. The molecule has 1 atom stereocenters. The summed E-state index contributed by atoms with van der Waals surface area (Å²) in [5.74, 6) is 1.62. The van der Waals surface area contributed by atoms with E-state index in [-0.39, 0.29) is 25.0 Å². The molecule has 0 bridgehead atoms. The Morgan fingerprint density at radius 3 is 2.41 bits per heavy atom. The van der Waals surface area contributed by atoms with E-state index in [9.17, 15) is 13.0 Å². The summed E-state index contributed by atoms with van der Waals surface area (Å²) < 4.78 is 48.8. The molecule has 1 unspecified atom stereocenters. The molecule has 0 fully saturated rings. The molecule has 1 aromatic rings. The van der Waals surface area contributed by atoms with Gasteiger partial charge in [-0.1, -0.05) is 13.8 Å². The zero-order chi connectivity index (χ0) is 16.2. The van der Waals surface area contributed by atoms with E-state index in [4.69, 9.17) is 14.2 Å². The Kier molecular flexibility index (Phi) is 6.08. The van der Waals surface area contributed by atoms with Crippen LogP contribution in [0.1, 0.15) is 26.7 Å². The maximum Gasteiger partial charge on any atom is 0.267 e. The zero-order valence-electron chi connectivity index (χ0n) is 12.7. The second-order valence-electron chi connectivity index (χ2n) is 5.77. The van der Waals surface area contributed by atoms with Crippen LogP contribution < -0.4 is 9.47 Å². The minimum Gasteiger partial charge on any atom is -0.486 e. The molecule has 1 N–H and O–H groups in total. The van der Waals surface area contributed by atoms with E-state index in [1.54, 1.807) is 0 Å². The molecular weight excluding hydrogens is 328 g/mol. The first-order chi connectivity index (χ1) is 10.4. The highest BCUT2D eigenvalue weighted by atomic mass is 32.2. The average Bonchev–Trinajstić information content (AvgIpc) is 2.78. The summed E-state index contributed by atoms with van der Waals surface area (Å²) in [4.78, 5) is 0. The Morgan fingerprint density at radius 2 is 1.91 bits per heavy atom. The molecule has 2 rings (SSSR count). The summed E-state index contributed by atoms with van der Waals surface area (Å²) in [5, 5.41) is 2.95. The van der Waals surface area contributed by atoms with E-state index in [1.165, 1.54) is 11.3 Å². The van der Waals surface area contributed by atoms with E-state index < -0.39 is 15.4 Å². The molecule has 0 saturated carbocycles. The molecule has 6 nitrogen and oxygen atoms in total. The topological polar surface area (TPSA) is 82.1 Å². The van der Waals surface area contributed by atoms with Crippen molar-refractivity contribution in [2.75, 3.05) is 19.8 Å². The van der Waals surface area contributed by atoms with Gasteiger partial charge in [0.2, 0.25) is 0 Å². The summed E-state index contributed by atoms with van der Waals surface area (Å²) in [6.45, 7) is 4.81. The molecule has 0 saturated heterocycles. The number of rotatable bonds is 7. The SMILES string of the molecule is CC(C)CC(CCOC1COc2cscc2OC1)S(=O)(=O)O. The third-order valence-electron chi connectivity index (χ3n) is 3.39. The van der Waals surface area contributed by atoms with Crippen LogP contribution >= 0.6 is 11.3 Å². The number of fused-ring (bicyclic) bond motifs is 1.